The first-order valence-electron chi connectivity index (χ1n) is 8.34. The van der Waals surface area contributed by atoms with E-state index in [9.17, 15) is 16.8 Å². The van der Waals surface area contributed by atoms with E-state index in [0.717, 1.165) is 12.8 Å². The molecule has 0 unspecified atom stereocenters. The van der Waals surface area contributed by atoms with Crippen molar-refractivity contribution in [3.8, 4) is 0 Å². The van der Waals surface area contributed by atoms with Crippen molar-refractivity contribution in [1.82, 2.24) is 17.2 Å². The molecule has 0 radical (unpaired) electrons. The van der Waals surface area contributed by atoms with E-state index < -0.39 is 20.4 Å². The third-order valence-electron chi connectivity index (χ3n) is 4.37. The maximum atomic E-state index is 12.6. The van der Waals surface area contributed by atoms with E-state index >= 15 is 0 Å². The molecule has 142 valence electrons. The molecule has 0 aromatic carbocycles. The maximum absolute atomic E-state index is 12.6. The lowest BCUT2D eigenvalue weighted by atomic mass is 10.3. The summed E-state index contributed by atoms with van der Waals surface area (Å²) in [5.41, 5.74) is 0. The summed E-state index contributed by atoms with van der Waals surface area (Å²) in [6.45, 7) is 4.71. The minimum Gasteiger partial charge on any atom is -0.379 e. The van der Waals surface area contributed by atoms with Crippen LogP contribution in [0.1, 0.15) is 19.8 Å². The number of nitrogens with zero attached hydrogens (tertiary/aromatic N) is 4. The Balaban J connectivity index is 1.95. The van der Waals surface area contributed by atoms with Gasteiger partial charge in [-0.3, -0.25) is 0 Å². The molecule has 0 aromatic rings. The van der Waals surface area contributed by atoms with Crippen LogP contribution in [0.25, 0.3) is 0 Å². The number of hydrogen-bond acceptors (Lipinski definition) is 5. The lowest BCUT2D eigenvalue weighted by molar-refractivity contribution is 0.0694. The summed E-state index contributed by atoms with van der Waals surface area (Å²) in [5.74, 6) is 0. The SMILES string of the molecule is CCCCN(C)S(=O)(=O)N1CCN(S(=O)(=O)N2CCOCC2)CC1. The summed E-state index contributed by atoms with van der Waals surface area (Å²) in [6, 6.07) is 0. The highest BCUT2D eigenvalue weighted by Crippen LogP contribution is 2.17. The van der Waals surface area contributed by atoms with E-state index in [2.05, 4.69) is 0 Å². The summed E-state index contributed by atoms with van der Waals surface area (Å²) in [4.78, 5) is 0. The topological polar surface area (TPSA) is 90.5 Å². The molecule has 24 heavy (non-hydrogen) atoms. The van der Waals surface area contributed by atoms with Gasteiger partial charge in [0, 0.05) is 52.9 Å². The second-order valence-corrected chi connectivity index (χ2v) is 9.96. The van der Waals surface area contributed by atoms with E-state index in [1.807, 2.05) is 6.92 Å². The van der Waals surface area contributed by atoms with Gasteiger partial charge in [-0.1, -0.05) is 13.3 Å². The zero-order chi connectivity index (χ0) is 17.8. The van der Waals surface area contributed by atoms with Crippen LogP contribution in [-0.4, -0.2) is 100 Å². The molecule has 9 nitrogen and oxygen atoms in total. The van der Waals surface area contributed by atoms with Crippen molar-refractivity contribution in [2.75, 3.05) is 66.1 Å². The molecule has 0 N–H and O–H groups in total. The van der Waals surface area contributed by atoms with Gasteiger partial charge >= 0.3 is 0 Å². The summed E-state index contributed by atoms with van der Waals surface area (Å²) in [5, 5.41) is 0. The van der Waals surface area contributed by atoms with Gasteiger partial charge in [-0.15, -0.1) is 0 Å². The van der Waals surface area contributed by atoms with Crippen LogP contribution < -0.4 is 0 Å². The van der Waals surface area contributed by atoms with Gasteiger partial charge in [0.15, 0.2) is 0 Å². The molecule has 0 atom stereocenters. The van der Waals surface area contributed by atoms with Crippen molar-refractivity contribution in [2.45, 2.75) is 19.8 Å². The van der Waals surface area contributed by atoms with E-state index in [0.29, 0.717) is 32.8 Å². The van der Waals surface area contributed by atoms with Crippen LogP contribution in [0.15, 0.2) is 0 Å². The summed E-state index contributed by atoms with van der Waals surface area (Å²) in [7, 11) is -5.48. The Morgan fingerprint density at radius 2 is 1.38 bits per heavy atom. The Bertz CT molecular complexity index is 596. The van der Waals surface area contributed by atoms with Gasteiger partial charge < -0.3 is 4.74 Å². The molecule has 0 spiro atoms. The minimum absolute atomic E-state index is 0.181. The molecule has 0 aromatic heterocycles. The van der Waals surface area contributed by atoms with Gasteiger partial charge in [0.2, 0.25) is 0 Å². The van der Waals surface area contributed by atoms with E-state index in [4.69, 9.17) is 4.74 Å². The number of piperazine rings is 1. The predicted octanol–water partition coefficient (Wildman–Crippen LogP) is -0.842. The molecule has 0 amide bonds. The second kappa shape index (κ2) is 8.39. The van der Waals surface area contributed by atoms with Crippen LogP contribution >= 0.6 is 0 Å². The monoisotopic (exact) mass is 384 g/mol. The fraction of sp³-hybridized carbons (Fsp3) is 1.00. The average Bonchev–Trinajstić information content (AvgIpc) is 2.60. The predicted molar refractivity (Wildman–Crippen MR) is 90.9 cm³/mol. The zero-order valence-electron chi connectivity index (χ0n) is 14.4. The summed E-state index contributed by atoms with van der Waals surface area (Å²) >= 11 is 0. The molecular formula is C13H28N4O5S2. The third-order valence-corrected chi connectivity index (χ3v) is 8.39. The van der Waals surface area contributed by atoms with Gasteiger partial charge in [-0.05, 0) is 6.42 Å². The highest BCUT2D eigenvalue weighted by Gasteiger charge is 2.36. The first kappa shape index (κ1) is 20.0. The van der Waals surface area contributed by atoms with Crippen LogP contribution in [-0.2, 0) is 25.2 Å². The fourth-order valence-electron chi connectivity index (χ4n) is 2.77. The highest BCUT2D eigenvalue weighted by atomic mass is 32.2. The van der Waals surface area contributed by atoms with E-state index in [1.54, 1.807) is 7.05 Å². The van der Waals surface area contributed by atoms with Gasteiger partial charge in [-0.2, -0.15) is 34.1 Å². The average molecular weight is 385 g/mol. The standard InChI is InChI=1S/C13H28N4O5S2/c1-3-4-5-14(2)23(18,19)15-6-8-16(9-7-15)24(20,21)17-10-12-22-13-11-17/h3-13H2,1-2H3. The van der Waals surface area contributed by atoms with Crippen molar-refractivity contribution in [3.63, 3.8) is 0 Å². The molecular weight excluding hydrogens is 356 g/mol. The van der Waals surface area contributed by atoms with Crippen LogP contribution in [0.3, 0.4) is 0 Å². The van der Waals surface area contributed by atoms with Crippen LogP contribution in [0.2, 0.25) is 0 Å². The van der Waals surface area contributed by atoms with E-state index in [1.165, 1.54) is 17.2 Å². The summed E-state index contributed by atoms with van der Waals surface area (Å²) in [6.07, 6.45) is 1.73. The molecule has 0 aliphatic carbocycles. The van der Waals surface area contributed by atoms with Crippen molar-refractivity contribution < 1.29 is 21.6 Å². The molecule has 2 aliphatic rings. The molecule has 2 saturated heterocycles. The molecule has 2 rings (SSSR count). The number of hydrogen-bond donors (Lipinski definition) is 0. The second-order valence-electron chi connectivity index (χ2n) is 6.00. The van der Waals surface area contributed by atoms with Gasteiger partial charge in [0.25, 0.3) is 20.4 Å². The number of unbranched alkanes of at least 4 members (excludes halogenated alkanes) is 1. The van der Waals surface area contributed by atoms with Crippen molar-refractivity contribution >= 4 is 20.4 Å². The maximum Gasteiger partial charge on any atom is 0.282 e. The Morgan fingerprint density at radius 1 is 0.875 bits per heavy atom. The lowest BCUT2D eigenvalue weighted by Crippen LogP contribution is -2.57. The smallest absolute Gasteiger partial charge is 0.282 e. The van der Waals surface area contributed by atoms with Crippen LogP contribution in [0.4, 0.5) is 0 Å². The minimum atomic E-state index is -3.54. The highest BCUT2D eigenvalue weighted by molar-refractivity contribution is 7.87. The van der Waals surface area contributed by atoms with E-state index in [-0.39, 0.29) is 26.2 Å². The molecule has 11 heteroatoms. The first-order valence-corrected chi connectivity index (χ1v) is 11.1. The van der Waals surface area contributed by atoms with Gasteiger partial charge in [0.1, 0.15) is 0 Å². The molecule has 2 aliphatic heterocycles. The number of rotatable bonds is 7. The zero-order valence-corrected chi connectivity index (χ0v) is 16.1. The molecule has 0 bridgehead atoms. The number of morpholine rings is 1. The van der Waals surface area contributed by atoms with Crippen LogP contribution in [0.5, 0.6) is 0 Å². The number of ether oxygens (including phenoxy) is 1. The summed E-state index contributed by atoms with van der Waals surface area (Å²) < 4.78 is 60.9. The lowest BCUT2D eigenvalue weighted by Gasteiger charge is -2.38. The van der Waals surface area contributed by atoms with Gasteiger partial charge in [-0.25, -0.2) is 0 Å². The van der Waals surface area contributed by atoms with Crippen molar-refractivity contribution in [2.24, 2.45) is 0 Å². The van der Waals surface area contributed by atoms with Crippen LogP contribution in [0, 0.1) is 0 Å². The Kier molecular flexibility index (Phi) is 7.00. The Hall–Kier alpha value is -0.300. The largest absolute Gasteiger partial charge is 0.379 e. The van der Waals surface area contributed by atoms with Gasteiger partial charge in [0.05, 0.1) is 13.2 Å². The molecule has 2 heterocycles. The van der Waals surface area contributed by atoms with Crippen molar-refractivity contribution in [1.29, 1.82) is 0 Å². The van der Waals surface area contributed by atoms with Crippen molar-refractivity contribution in [3.05, 3.63) is 0 Å². The Labute approximate surface area is 145 Å². The normalized spacial score (nSPS) is 23.0. The Morgan fingerprint density at radius 3 is 1.92 bits per heavy atom. The fourth-order valence-corrected chi connectivity index (χ4v) is 5.71. The first-order chi connectivity index (χ1) is 11.3. The molecule has 2 fully saturated rings. The molecule has 0 saturated carbocycles. The quantitative estimate of drug-likeness (QED) is 0.571. The third kappa shape index (κ3) is 4.45.